The van der Waals surface area contributed by atoms with E-state index in [1.807, 2.05) is 66.7 Å². The highest BCUT2D eigenvalue weighted by Crippen LogP contribution is 2.23. The van der Waals surface area contributed by atoms with Crippen LogP contribution in [-0.2, 0) is 16.1 Å². The van der Waals surface area contributed by atoms with Gasteiger partial charge in [-0.2, -0.15) is 0 Å². The first-order valence-electron chi connectivity index (χ1n) is 8.42. The van der Waals surface area contributed by atoms with Gasteiger partial charge >= 0.3 is 11.8 Å². The monoisotopic (exact) mass is 348 g/mol. The minimum absolute atomic E-state index is 0.0939. The fourth-order valence-electron chi connectivity index (χ4n) is 2.83. The molecule has 0 heterocycles. The van der Waals surface area contributed by atoms with E-state index >= 15 is 0 Å². The Balaban J connectivity index is 1.77. The van der Waals surface area contributed by atoms with Crippen molar-refractivity contribution < 1.29 is 14.7 Å². The molecule has 0 aliphatic rings. The summed E-state index contributed by atoms with van der Waals surface area (Å²) in [6.45, 7) is 0.153. The molecule has 26 heavy (non-hydrogen) atoms. The second-order valence-electron chi connectivity index (χ2n) is 5.92. The molecule has 0 radical (unpaired) electrons. The Labute approximate surface area is 151 Å². The van der Waals surface area contributed by atoms with Gasteiger partial charge in [0.15, 0.2) is 0 Å². The van der Waals surface area contributed by atoms with Crippen molar-refractivity contribution in [2.45, 2.75) is 6.54 Å². The quantitative estimate of drug-likeness (QED) is 0.697. The molecule has 0 aliphatic heterocycles. The van der Waals surface area contributed by atoms with Crippen LogP contribution in [0.15, 0.2) is 72.8 Å². The molecule has 0 saturated carbocycles. The first-order chi connectivity index (χ1) is 12.7. The van der Waals surface area contributed by atoms with Crippen molar-refractivity contribution in [1.82, 2.24) is 4.90 Å². The van der Waals surface area contributed by atoms with Gasteiger partial charge in [-0.15, -0.1) is 0 Å². The largest absolute Gasteiger partial charge is 0.395 e. The standard InChI is InChI=1S/C21H20N2O3/c24-14-13-23(15-16-7-2-1-3-8-16)21(26)20(25)22-19-12-6-10-17-9-4-5-11-18(17)19/h1-12,24H,13-15H2,(H,22,25). The Hall–Kier alpha value is -3.18. The van der Waals surface area contributed by atoms with E-state index in [1.54, 1.807) is 6.07 Å². The van der Waals surface area contributed by atoms with E-state index in [9.17, 15) is 14.7 Å². The molecule has 0 aromatic heterocycles. The summed E-state index contributed by atoms with van der Waals surface area (Å²) in [6, 6.07) is 22.6. The number of amides is 2. The molecular weight excluding hydrogens is 328 g/mol. The van der Waals surface area contributed by atoms with E-state index in [4.69, 9.17) is 0 Å². The number of nitrogens with zero attached hydrogens (tertiary/aromatic N) is 1. The second-order valence-corrected chi connectivity index (χ2v) is 5.92. The fraction of sp³-hybridized carbons (Fsp3) is 0.143. The topological polar surface area (TPSA) is 69.6 Å². The molecule has 0 saturated heterocycles. The molecule has 0 spiro atoms. The lowest BCUT2D eigenvalue weighted by atomic mass is 10.1. The van der Waals surface area contributed by atoms with Crippen LogP contribution in [0.5, 0.6) is 0 Å². The van der Waals surface area contributed by atoms with Crippen molar-refractivity contribution in [3.63, 3.8) is 0 Å². The first-order valence-corrected chi connectivity index (χ1v) is 8.42. The Morgan fingerprint density at radius 2 is 1.58 bits per heavy atom. The zero-order valence-electron chi connectivity index (χ0n) is 14.3. The Morgan fingerprint density at radius 1 is 0.885 bits per heavy atom. The summed E-state index contributed by atoms with van der Waals surface area (Å²) in [5.41, 5.74) is 1.48. The van der Waals surface area contributed by atoms with Crippen molar-refractivity contribution in [3.05, 3.63) is 78.4 Å². The van der Waals surface area contributed by atoms with Gasteiger partial charge in [0.05, 0.1) is 6.61 Å². The third-order valence-electron chi connectivity index (χ3n) is 4.11. The van der Waals surface area contributed by atoms with Crippen molar-refractivity contribution in [1.29, 1.82) is 0 Å². The van der Waals surface area contributed by atoms with Crippen LogP contribution in [0.1, 0.15) is 5.56 Å². The number of fused-ring (bicyclic) bond motifs is 1. The molecule has 2 amide bonds. The molecule has 5 heteroatoms. The third-order valence-corrected chi connectivity index (χ3v) is 4.11. The van der Waals surface area contributed by atoms with Gasteiger partial charge in [-0.25, -0.2) is 0 Å². The number of hydrogen-bond acceptors (Lipinski definition) is 3. The number of anilines is 1. The van der Waals surface area contributed by atoms with Crippen LogP contribution < -0.4 is 5.32 Å². The van der Waals surface area contributed by atoms with Gasteiger partial charge in [0, 0.05) is 24.2 Å². The van der Waals surface area contributed by atoms with Gasteiger partial charge in [-0.05, 0) is 17.0 Å². The van der Waals surface area contributed by atoms with Crippen molar-refractivity contribution in [3.8, 4) is 0 Å². The first kappa shape index (κ1) is 17.6. The highest BCUT2D eigenvalue weighted by atomic mass is 16.3. The van der Waals surface area contributed by atoms with E-state index in [0.29, 0.717) is 5.69 Å². The van der Waals surface area contributed by atoms with E-state index in [-0.39, 0.29) is 19.7 Å². The summed E-state index contributed by atoms with van der Waals surface area (Å²) in [7, 11) is 0. The number of aliphatic hydroxyl groups excluding tert-OH is 1. The molecule has 3 rings (SSSR count). The molecular formula is C21H20N2O3. The maximum absolute atomic E-state index is 12.6. The minimum Gasteiger partial charge on any atom is -0.395 e. The fourth-order valence-corrected chi connectivity index (χ4v) is 2.83. The van der Waals surface area contributed by atoms with Crippen LogP contribution in [0.25, 0.3) is 10.8 Å². The van der Waals surface area contributed by atoms with Crippen LogP contribution in [0, 0.1) is 0 Å². The molecule has 0 aliphatic carbocycles. The Bertz CT molecular complexity index is 904. The van der Waals surface area contributed by atoms with Gasteiger partial charge in [0.25, 0.3) is 0 Å². The van der Waals surface area contributed by atoms with Gasteiger partial charge in [-0.1, -0.05) is 66.7 Å². The number of benzene rings is 3. The van der Waals surface area contributed by atoms with E-state index in [2.05, 4.69) is 5.32 Å². The van der Waals surface area contributed by atoms with E-state index < -0.39 is 11.8 Å². The lowest BCUT2D eigenvalue weighted by Gasteiger charge is -2.21. The normalized spacial score (nSPS) is 10.5. The number of carbonyl (C=O) groups is 2. The number of hydrogen-bond donors (Lipinski definition) is 2. The van der Waals surface area contributed by atoms with E-state index in [0.717, 1.165) is 16.3 Å². The molecule has 2 N–H and O–H groups in total. The van der Waals surface area contributed by atoms with Crippen molar-refractivity contribution >= 4 is 28.3 Å². The SMILES string of the molecule is O=C(Nc1cccc2ccccc12)C(=O)N(CCO)Cc1ccccc1. The van der Waals surface area contributed by atoms with Gasteiger partial charge in [0.2, 0.25) is 0 Å². The summed E-state index contributed by atoms with van der Waals surface area (Å²) in [4.78, 5) is 26.4. The Morgan fingerprint density at radius 3 is 2.35 bits per heavy atom. The summed E-state index contributed by atoms with van der Waals surface area (Å²) in [6.07, 6.45) is 0. The molecule has 5 nitrogen and oxygen atoms in total. The van der Waals surface area contributed by atoms with Crippen LogP contribution in [0.3, 0.4) is 0 Å². The summed E-state index contributed by atoms with van der Waals surface area (Å²) < 4.78 is 0. The number of aliphatic hydroxyl groups is 1. The van der Waals surface area contributed by atoms with Crippen LogP contribution >= 0.6 is 0 Å². The number of carbonyl (C=O) groups excluding carboxylic acids is 2. The van der Waals surface area contributed by atoms with Crippen molar-refractivity contribution in [2.24, 2.45) is 0 Å². The lowest BCUT2D eigenvalue weighted by molar-refractivity contribution is -0.143. The van der Waals surface area contributed by atoms with Gasteiger partial charge < -0.3 is 15.3 Å². The zero-order valence-corrected chi connectivity index (χ0v) is 14.3. The minimum atomic E-state index is -0.717. The van der Waals surface area contributed by atoms with Crippen LogP contribution in [0.4, 0.5) is 5.69 Å². The average molecular weight is 348 g/mol. The molecule has 0 unspecified atom stereocenters. The van der Waals surface area contributed by atoms with Gasteiger partial charge in [0.1, 0.15) is 0 Å². The highest BCUT2D eigenvalue weighted by Gasteiger charge is 2.22. The Kier molecular flexibility index (Phi) is 5.61. The smallest absolute Gasteiger partial charge is 0.313 e. The average Bonchev–Trinajstić information content (AvgIpc) is 2.68. The molecule has 132 valence electrons. The van der Waals surface area contributed by atoms with E-state index in [1.165, 1.54) is 4.90 Å². The second kappa shape index (κ2) is 8.27. The van der Waals surface area contributed by atoms with Gasteiger partial charge in [-0.3, -0.25) is 9.59 Å². The highest BCUT2D eigenvalue weighted by molar-refractivity contribution is 6.40. The van der Waals surface area contributed by atoms with Crippen LogP contribution in [0.2, 0.25) is 0 Å². The summed E-state index contributed by atoms with van der Waals surface area (Å²) in [5, 5.41) is 13.8. The summed E-state index contributed by atoms with van der Waals surface area (Å²) >= 11 is 0. The molecule has 0 atom stereocenters. The third kappa shape index (κ3) is 4.07. The summed E-state index contributed by atoms with van der Waals surface area (Å²) in [5.74, 6) is -1.39. The molecule has 3 aromatic rings. The number of rotatable bonds is 5. The zero-order chi connectivity index (χ0) is 18.4. The maximum atomic E-state index is 12.6. The van der Waals surface area contributed by atoms with Crippen molar-refractivity contribution in [2.75, 3.05) is 18.5 Å². The molecule has 3 aromatic carbocycles. The van der Waals surface area contributed by atoms with Crippen LogP contribution in [-0.4, -0.2) is 35.0 Å². The maximum Gasteiger partial charge on any atom is 0.313 e. The predicted octanol–water partition coefficient (Wildman–Crippen LogP) is 2.80. The lowest BCUT2D eigenvalue weighted by Crippen LogP contribution is -2.40. The molecule has 0 fully saturated rings. The molecule has 0 bridgehead atoms. The predicted molar refractivity (Wildman–Crippen MR) is 102 cm³/mol. The number of nitrogens with one attached hydrogen (secondary N) is 1.